The Hall–Kier alpha value is -0.610. The van der Waals surface area contributed by atoms with Gasteiger partial charge in [-0.1, -0.05) is 13.8 Å². The third-order valence-electron chi connectivity index (χ3n) is 2.02. The van der Waals surface area contributed by atoms with Crippen molar-refractivity contribution in [1.29, 1.82) is 5.41 Å². The standard InChI is InChI=1S/C9H21N3O/c1-3-4-12(5-6-13)7-8(2)9(10)11/h8,13H,3-7H2,1-2H3,(H3,10,11). The van der Waals surface area contributed by atoms with Gasteiger partial charge in [0.25, 0.3) is 0 Å². The third kappa shape index (κ3) is 5.60. The van der Waals surface area contributed by atoms with Gasteiger partial charge in [-0.3, -0.25) is 5.41 Å². The number of nitrogens with zero attached hydrogens (tertiary/aromatic N) is 1. The van der Waals surface area contributed by atoms with Gasteiger partial charge in [0.1, 0.15) is 0 Å². The van der Waals surface area contributed by atoms with Gasteiger partial charge >= 0.3 is 0 Å². The van der Waals surface area contributed by atoms with Gasteiger partial charge in [-0.05, 0) is 13.0 Å². The van der Waals surface area contributed by atoms with Crippen LogP contribution in [0.2, 0.25) is 0 Å². The fourth-order valence-corrected chi connectivity index (χ4v) is 1.24. The van der Waals surface area contributed by atoms with Crippen molar-refractivity contribution in [2.45, 2.75) is 20.3 Å². The molecule has 4 N–H and O–H groups in total. The number of amidine groups is 1. The summed E-state index contributed by atoms with van der Waals surface area (Å²) in [4.78, 5) is 2.13. The van der Waals surface area contributed by atoms with Gasteiger partial charge in [0, 0.05) is 19.0 Å². The molecule has 0 aliphatic heterocycles. The number of aliphatic hydroxyl groups is 1. The van der Waals surface area contributed by atoms with E-state index in [1.54, 1.807) is 0 Å². The zero-order valence-electron chi connectivity index (χ0n) is 8.58. The topological polar surface area (TPSA) is 73.3 Å². The van der Waals surface area contributed by atoms with Crippen molar-refractivity contribution in [3.63, 3.8) is 0 Å². The summed E-state index contributed by atoms with van der Waals surface area (Å²) in [6, 6.07) is 0. The Labute approximate surface area is 80.2 Å². The average molecular weight is 187 g/mol. The molecule has 78 valence electrons. The first-order valence-corrected chi connectivity index (χ1v) is 4.78. The van der Waals surface area contributed by atoms with Crippen LogP contribution in [-0.2, 0) is 0 Å². The lowest BCUT2D eigenvalue weighted by molar-refractivity contribution is 0.188. The van der Waals surface area contributed by atoms with Crippen molar-refractivity contribution in [1.82, 2.24) is 4.90 Å². The molecular formula is C9H21N3O. The number of nitrogens with two attached hydrogens (primary N) is 1. The van der Waals surface area contributed by atoms with Crippen molar-refractivity contribution >= 4 is 5.84 Å². The molecule has 1 atom stereocenters. The van der Waals surface area contributed by atoms with Gasteiger partial charge in [-0.15, -0.1) is 0 Å². The molecule has 0 rings (SSSR count). The molecule has 13 heavy (non-hydrogen) atoms. The highest BCUT2D eigenvalue weighted by Crippen LogP contribution is 2.00. The van der Waals surface area contributed by atoms with Crippen LogP contribution in [0.1, 0.15) is 20.3 Å². The summed E-state index contributed by atoms with van der Waals surface area (Å²) in [5.74, 6) is 0.303. The molecule has 0 heterocycles. The van der Waals surface area contributed by atoms with Gasteiger partial charge in [0.2, 0.25) is 0 Å². The fourth-order valence-electron chi connectivity index (χ4n) is 1.24. The summed E-state index contributed by atoms with van der Waals surface area (Å²) in [5.41, 5.74) is 5.37. The molecule has 0 aliphatic carbocycles. The van der Waals surface area contributed by atoms with Crippen molar-refractivity contribution in [3.8, 4) is 0 Å². The monoisotopic (exact) mass is 187 g/mol. The zero-order valence-corrected chi connectivity index (χ0v) is 8.58. The van der Waals surface area contributed by atoms with Crippen LogP contribution in [0.4, 0.5) is 0 Å². The summed E-state index contributed by atoms with van der Waals surface area (Å²) < 4.78 is 0. The van der Waals surface area contributed by atoms with Crippen LogP contribution in [0.25, 0.3) is 0 Å². The van der Waals surface area contributed by atoms with Gasteiger partial charge in [0.15, 0.2) is 0 Å². The molecule has 0 amide bonds. The van der Waals surface area contributed by atoms with E-state index in [1.807, 2.05) is 6.92 Å². The van der Waals surface area contributed by atoms with Gasteiger partial charge < -0.3 is 15.7 Å². The number of aliphatic hydroxyl groups excluding tert-OH is 1. The quantitative estimate of drug-likeness (QED) is 0.395. The summed E-state index contributed by atoms with van der Waals surface area (Å²) in [6.45, 7) is 6.60. The highest BCUT2D eigenvalue weighted by atomic mass is 16.3. The molecule has 4 nitrogen and oxygen atoms in total. The van der Waals surface area contributed by atoms with E-state index in [1.165, 1.54) is 0 Å². The van der Waals surface area contributed by atoms with E-state index in [0.29, 0.717) is 6.54 Å². The second kappa shape index (κ2) is 6.86. The summed E-state index contributed by atoms with van der Waals surface area (Å²) in [6.07, 6.45) is 1.06. The highest BCUT2D eigenvalue weighted by molar-refractivity contribution is 5.79. The molecule has 0 radical (unpaired) electrons. The Bertz CT molecular complexity index is 144. The molecule has 0 aromatic carbocycles. The maximum Gasteiger partial charge on any atom is 0.0947 e. The lowest BCUT2D eigenvalue weighted by Gasteiger charge is -2.23. The Morgan fingerprint density at radius 1 is 1.54 bits per heavy atom. The molecule has 0 aliphatic rings. The van der Waals surface area contributed by atoms with E-state index in [4.69, 9.17) is 16.2 Å². The van der Waals surface area contributed by atoms with Crippen LogP contribution in [-0.4, -0.2) is 42.1 Å². The highest BCUT2D eigenvalue weighted by Gasteiger charge is 2.10. The lowest BCUT2D eigenvalue weighted by Crippen LogP contribution is -2.36. The van der Waals surface area contributed by atoms with Crippen LogP contribution in [0.5, 0.6) is 0 Å². The molecule has 0 aromatic rings. The minimum atomic E-state index is 0.0816. The Morgan fingerprint density at radius 2 is 2.15 bits per heavy atom. The number of nitrogens with one attached hydrogen (secondary N) is 1. The fraction of sp³-hybridized carbons (Fsp3) is 0.889. The predicted octanol–water partition coefficient (Wildman–Crippen LogP) is 0.263. The molecule has 4 heteroatoms. The van der Waals surface area contributed by atoms with Crippen LogP contribution in [0, 0.1) is 11.3 Å². The Morgan fingerprint density at radius 3 is 2.54 bits per heavy atom. The van der Waals surface area contributed by atoms with Gasteiger partial charge in [-0.2, -0.15) is 0 Å². The van der Waals surface area contributed by atoms with E-state index in [-0.39, 0.29) is 18.4 Å². The zero-order chi connectivity index (χ0) is 10.3. The van der Waals surface area contributed by atoms with Gasteiger partial charge in [-0.25, -0.2) is 0 Å². The minimum absolute atomic E-state index is 0.0816. The molecule has 0 saturated heterocycles. The van der Waals surface area contributed by atoms with E-state index < -0.39 is 0 Å². The van der Waals surface area contributed by atoms with Crippen molar-refractivity contribution in [2.24, 2.45) is 11.7 Å². The molecule has 0 fully saturated rings. The maximum absolute atomic E-state index is 8.79. The molecule has 0 bridgehead atoms. The van der Waals surface area contributed by atoms with Crippen molar-refractivity contribution < 1.29 is 5.11 Å². The molecule has 0 saturated carbocycles. The summed E-state index contributed by atoms with van der Waals surface area (Å²) >= 11 is 0. The predicted molar refractivity (Wildman–Crippen MR) is 54.9 cm³/mol. The normalized spacial score (nSPS) is 13.2. The summed E-state index contributed by atoms with van der Waals surface area (Å²) in [5, 5.41) is 16.0. The van der Waals surface area contributed by atoms with E-state index in [2.05, 4.69) is 11.8 Å². The summed E-state index contributed by atoms with van der Waals surface area (Å²) in [7, 11) is 0. The first-order valence-electron chi connectivity index (χ1n) is 4.78. The second-order valence-electron chi connectivity index (χ2n) is 3.38. The number of hydrogen-bond acceptors (Lipinski definition) is 3. The second-order valence-corrected chi connectivity index (χ2v) is 3.38. The first-order chi connectivity index (χ1) is 6.11. The molecule has 0 spiro atoms. The number of rotatable bonds is 7. The van der Waals surface area contributed by atoms with Crippen LogP contribution in [0.15, 0.2) is 0 Å². The van der Waals surface area contributed by atoms with E-state index in [9.17, 15) is 0 Å². The first kappa shape index (κ1) is 12.4. The largest absolute Gasteiger partial charge is 0.395 e. The number of hydrogen-bond donors (Lipinski definition) is 3. The molecule has 1 unspecified atom stereocenters. The van der Waals surface area contributed by atoms with Crippen molar-refractivity contribution in [3.05, 3.63) is 0 Å². The van der Waals surface area contributed by atoms with Gasteiger partial charge in [0.05, 0.1) is 12.4 Å². The van der Waals surface area contributed by atoms with Crippen LogP contribution >= 0.6 is 0 Å². The van der Waals surface area contributed by atoms with E-state index in [0.717, 1.165) is 19.5 Å². The molecule has 0 aromatic heterocycles. The maximum atomic E-state index is 8.79. The smallest absolute Gasteiger partial charge is 0.0947 e. The van der Waals surface area contributed by atoms with Crippen LogP contribution in [0.3, 0.4) is 0 Å². The third-order valence-corrected chi connectivity index (χ3v) is 2.02. The average Bonchev–Trinajstić information content (AvgIpc) is 2.05. The van der Waals surface area contributed by atoms with Crippen molar-refractivity contribution in [2.75, 3.05) is 26.2 Å². The lowest BCUT2D eigenvalue weighted by atomic mass is 10.1. The SMILES string of the molecule is CCCN(CCO)CC(C)C(=N)N. The van der Waals surface area contributed by atoms with Crippen LogP contribution < -0.4 is 5.73 Å². The Kier molecular flexibility index (Phi) is 6.54. The van der Waals surface area contributed by atoms with E-state index >= 15 is 0 Å². The Balaban J connectivity index is 3.85. The molecular weight excluding hydrogens is 166 g/mol. The minimum Gasteiger partial charge on any atom is -0.395 e.